The molecule has 3 fully saturated rings. The van der Waals surface area contributed by atoms with Gasteiger partial charge in [0.2, 0.25) is 0 Å². The van der Waals surface area contributed by atoms with Gasteiger partial charge in [-0.2, -0.15) is 0 Å². The summed E-state index contributed by atoms with van der Waals surface area (Å²) in [6.45, 7) is 8.23. The largest absolute Gasteiger partial charge is 0.464 e. The number of piperidine rings is 2. The SMILES string of the molecule is CC1CC1c1ccc(CN2CCCC3(CCCNC3)C2)o1. The van der Waals surface area contributed by atoms with Crippen LogP contribution in [0.3, 0.4) is 0 Å². The normalized spacial score (nSPS) is 37.0. The van der Waals surface area contributed by atoms with Crippen molar-refractivity contribution < 1.29 is 4.42 Å². The first-order chi connectivity index (χ1) is 10.2. The van der Waals surface area contributed by atoms with Crippen molar-refractivity contribution in [3.8, 4) is 0 Å². The van der Waals surface area contributed by atoms with E-state index in [-0.39, 0.29) is 0 Å². The van der Waals surface area contributed by atoms with Gasteiger partial charge in [-0.25, -0.2) is 0 Å². The minimum Gasteiger partial charge on any atom is -0.464 e. The van der Waals surface area contributed by atoms with Gasteiger partial charge in [0.15, 0.2) is 0 Å². The van der Waals surface area contributed by atoms with Crippen molar-refractivity contribution in [2.75, 3.05) is 26.2 Å². The molecule has 0 amide bonds. The summed E-state index contributed by atoms with van der Waals surface area (Å²) in [5.74, 6) is 3.93. The molecule has 0 aromatic carbocycles. The van der Waals surface area contributed by atoms with Crippen LogP contribution in [0, 0.1) is 11.3 Å². The molecule has 3 nitrogen and oxygen atoms in total. The number of nitrogens with zero attached hydrogens (tertiary/aromatic N) is 1. The number of hydrogen-bond donors (Lipinski definition) is 1. The number of nitrogens with one attached hydrogen (secondary N) is 1. The Morgan fingerprint density at radius 1 is 1.33 bits per heavy atom. The minimum atomic E-state index is 0.539. The highest BCUT2D eigenvalue weighted by Crippen LogP contribution is 2.47. The molecule has 21 heavy (non-hydrogen) atoms. The van der Waals surface area contributed by atoms with Gasteiger partial charge in [-0.15, -0.1) is 0 Å². The average molecular weight is 288 g/mol. The summed E-state index contributed by atoms with van der Waals surface area (Å²) in [5.41, 5.74) is 0.539. The van der Waals surface area contributed by atoms with E-state index < -0.39 is 0 Å². The van der Waals surface area contributed by atoms with Crippen molar-refractivity contribution in [3.63, 3.8) is 0 Å². The van der Waals surface area contributed by atoms with E-state index in [1.54, 1.807) is 0 Å². The second-order valence-corrected chi connectivity index (χ2v) is 7.72. The standard InChI is InChI=1S/C18H28N2O/c1-14-10-16(14)17-5-4-15(21-17)11-20-9-3-7-18(13-20)6-2-8-19-12-18/h4-5,14,16,19H,2-3,6-13H2,1H3. The van der Waals surface area contributed by atoms with Crippen molar-refractivity contribution >= 4 is 0 Å². The summed E-state index contributed by atoms with van der Waals surface area (Å²) in [4.78, 5) is 2.62. The van der Waals surface area contributed by atoms with Crippen LogP contribution >= 0.6 is 0 Å². The lowest BCUT2D eigenvalue weighted by molar-refractivity contribution is 0.0559. The highest BCUT2D eigenvalue weighted by molar-refractivity contribution is 5.17. The van der Waals surface area contributed by atoms with E-state index in [4.69, 9.17) is 4.42 Å². The fourth-order valence-electron chi connectivity index (χ4n) is 4.44. The maximum atomic E-state index is 6.10. The molecular formula is C18H28N2O. The first-order valence-electron chi connectivity index (χ1n) is 8.76. The van der Waals surface area contributed by atoms with Crippen LogP contribution < -0.4 is 5.32 Å². The summed E-state index contributed by atoms with van der Waals surface area (Å²) in [6.07, 6.45) is 6.80. The van der Waals surface area contributed by atoms with Gasteiger partial charge in [0.1, 0.15) is 11.5 Å². The van der Waals surface area contributed by atoms with E-state index in [0.29, 0.717) is 11.3 Å². The molecule has 3 unspecified atom stereocenters. The van der Waals surface area contributed by atoms with Crippen LogP contribution in [-0.4, -0.2) is 31.1 Å². The smallest absolute Gasteiger partial charge is 0.118 e. The van der Waals surface area contributed by atoms with Crippen LogP contribution in [0.15, 0.2) is 16.5 Å². The number of hydrogen-bond acceptors (Lipinski definition) is 3. The third-order valence-corrected chi connectivity index (χ3v) is 5.84. The Balaban J connectivity index is 1.38. The number of furan rings is 1. The molecule has 1 spiro atoms. The monoisotopic (exact) mass is 288 g/mol. The summed E-state index contributed by atoms with van der Waals surface area (Å²) < 4.78 is 6.10. The molecule has 4 rings (SSSR count). The lowest BCUT2D eigenvalue weighted by Crippen LogP contribution is -2.50. The Labute approximate surface area is 128 Å². The Morgan fingerprint density at radius 3 is 2.95 bits per heavy atom. The van der Waals surface area contributed by atoms with Crippen molar-refractivity contribution in [1.82, 2.24) is 10.2 Å². The highest BCUT2D eigenvalue weighted by Gasteiger charge is 2.38. The summed E-state index contributed by atoms with van der Waals surface area (Å²) in [7, 11) is 0. The van der Waals surface area contributed by atoms with Crippen LogP contribution in [0.4, 0.5) is 0 Å². The molecule has 3 aliphatic rings. The van der Waals surface area contributed by atoms with Gasteiger partial charge in [-0.05, 0) is 68.7 Å². The number of rotatable bonds is 3. The molecule has 1 N–H and O–H groups in total. The molecule has 3 heteroatoms. The van der Waals surface area contributed by atoms with E-state index in [1.165, 1.54) is 69.8 Å². The van der Waals surface area contributed by atoms with E-state index in [1.807, 2.05) is 0 Å². The predicted octanol–water partition coefficient (Wildman–Crippen LogP) is 3.37. The molecular weight excluding hydrogens is 260 g/mol. The molecule has 1 saturated carbocycles. The third-order valence-electron chi connectivity index (χ3n) is 5.84. The fraction of sp³-hybridized carbons (Fsp3) is 0.778. The molecule has 0 bridgehead atoms. The average Bonchev–Trinajstić information content (AvgIpc) is 3.03. The van der Waals surface area contributed by atoms with Gasteiger partial charge < -0.3 is 9.73 Å². The molecule has 0 radical (unpaired) electrons. The van der Waals surface area contributed by atoms with Gasteiger partial charge in [0.05, 0.1) is 6.54 Å². The molecule has 1 aromatic rings. The number of likely N-dealkylation sites (tertiary alicyclic amines) is 1. The molecule has 3 atom stereocenters. The maximum Gasteiger partial charge on any atom is 0.118 e. The van der Waals surface area contributed by atoms with Gasteiger partial charge in [-0.1, -0.05) is 6.92 Å². The Morgan fingerprint density at radius 2 is 2.19 bits per heavy atom. The topological polar surface area (TPSA) is 28.4 Å². The van der Waals surface area contributed by atoms with E-state index in [9.17, 15) is 0 Å². The van der Waals surface area contributed by atoms with Gasteiger partial charge >= 0.3 is 0 Å². The molecule has 1 aromatic heterocycles. The van der Waals surface area contributed by atoms with E-state index >= 15 is 0 Å². The van der Waals surface area contributed by atoms with Crippen molar-refractivity contribution in [3.05, 3.63) is 23.7 Å². The molecule has 2 aliphatic heterocycles. The molecule has 3 heterocycles. The summed E-state index contributed by atoms with van der Waals surface area (Å²) in [5, 5.41) is 3.61. The lowest BCUT2D eigenvalue weighted by atomic mass is 9.74. The fourth-order valence-corrected chi connectivity index (χ4v) is 4.44. The third kappa shape index (κ3) is 2.91. The van der Waals surface area contributed by atoms with Crippen molar-refractivity contribution in [1.29, 1.82) is 0 Å². The zero-order valence-electron chi connectivity index (χ0n) is 13.2. The van der Waals surface area contributed by atoms with Crippen molar-refractivity contribution in [2.45, 2.75) is 51.5 Å². The van der Waals surface area contributed by atoms with Crippen LogP contribution in [-0.2, 0) is 6.54 Å². The van der Waals surface area contributed by atoms with Gasteiger partial charge in [0, 0.05) is 19.0 Å². The van der Waals surface area contributed by atoms with Crippen molar-refractivity contribution in [2.24, 2.45) is 11.3 Å². The maximum absolute atomic E-state index is 6.10. The lowest BCUT2D eigenvalue weighted by Gasteiger charge is -2.45. The minimum absolute atomic E-state index is 0.539. The van der Waals surface area contributed by atoms with Crippen LogP contribution in [0.25, 0.3) is 0 Å². The first-order valence-corrected chi connectivity index (χ1v) is 8.76. The quantitative estimate of drug-likeness (QED) is 0.924. The van der Waals surface area contributed by atoms with E-state index in [2.05, 4.69) is 29.3 Å². The zero-order valence-corrected chi connectivity index (χ0v) is 13.2. The van der Waals surface area contributed by atoms with Crippen LogP contribution in [0.1, 0.15) is 56.5 Å². The second kappa shape index (κ2) is 5.44. The summed E-state index contributed by atoms with van der Waals surface area (Å²) in [6, 6.07) is 4.42. The second-order valence-electron chi connectivity index (χ2n) is 7.72. The Bertz CT molecular complexity index is 484. The highest BCUT2D eigenvalue weighted by atomic mass is 16.3. The van der Waals surface area contributed by atoms with E-state index in [0.717, 1.165) is 12.5 Å². The molecule has 1 aliphatic carbocycles. The summed E-state index contributed by atoms with van der Waals surface area (Å²) >= 11 is 0. The van der Waals surface area contributed by atoms with Crippen LogP contribution in [0.2, 0.25) is 0 Å². The molecule has 116 valence electrons. The first kappa shape index (κ1) is 13.8. The van der Waals surface area contributed by atoms with Crippen LogP contribution in [0.5, 0.6) is 0 Å². The van der Waals surface area contributed by atoms with Gasteiger partial charge in [0.25, 0.3) is 0 Å². The predicted molar refractivity (Wildman–Crippen MR) is 84.3 cm³/mol. The Kier molecular flexibility index (Phi) is 3.58. The Hall–Kier alpha value is -0.800. The van der Waals surface area contributed by atoms with Gasteiger partial charge in [-0.3, -0.25) is 4.90 Å². The zero-order chi connectivity index (χ0) is 14.3. The molecule has 2 saturated heterocycles.